The summed E-state index contributed by atoms with van der Waals surface area (Å²) in [5.41, 5.74) is 6.68. The molecule has 1 N–H and O–H groups in total. The minimum atomic E-state index is -0.0954. The number of hydrogen-bond acceptors (Lipinski definition) is 3. The lowest BCUT2D eigenvalue weighted by atomic mass is 10.1. The van der Waals surface area contributed by atoms with E-state index in [2.05, 4.69) is 40.4 Å². The van der Waals surface area contributed by atoms with Crippen molar-refractivity contribution in [2.75, 3.05) is 13.1 Å². The van der Waals surface area contributed by atoms with E-state index in [-0.39, 0.29) is 5.91 Å². The highest BCUT2D eigenvalue weighted by Crippen LogP contribution is 2.28. The zero-order valence-electron chi connectivity index (χ0n) is 16.3. The van der Waals surface area contributed by atoms with Crippen LogP contribution in [-0.4, -0.2) is 33.8 Å². The van der Waals surface area contributed by atoms with Crippen molar-refractivity contribution in [1.29, 1.82) is 0 Å². The first-order valence-electron chi connectivity index (χ1n) is 9.99. The topological polar surface area (TPSA) is 50.2 Å². The molecule has 0 radical (unpaired) electrons. The van der Waals surface area contributed by atoms with E-state index in [9.17, 15) is 4.79 Å². The number of aromatic nitrogens is 2. The fourth-order valence-corrected chi connectivity index (χ4v) is 3.88. The molecule has 0 unspecified atom stereocenters. The summed E-state index contributed by atoms with van der Waals surface area (Å²) in [6.45, 7) is 6.87. The Morgan fingerprint density at radius 1 is 1.15 bits per heavy atom. The van der Waals surface area contributed by atoms with Gasteiger partial charge in [-0.15, -0.1) is 0 Å². The summed E-state index contributed by atoms with van der Waals surface area (Å²) >= 11 is 3.50. The second-order valence-corrected chi connectivity index (χ2v) is 8.16. The van der Waals surface area contributed by atoms with Crippen molar-refractivity contribution in [3.8, 4) is 11.3 Å². The van der Waals surface area contributed by atoms with E-state index in [4.69, 9.17) is 5.10 Å². The van der Waals surface area contributed by atoms with Gasteiger partial charge in [-0.3, -0.25) is 14.9 Å². The van der Waals surface area contributed by atoms with Crippen LogP contribution in [0.4, 0.5) is 0 Å². The molecule has 1 saturated heterocycles. The third kappa shape index (κ3) is 4.99. The molecule has 27 heavy (non-hydrogen) atoms. The summed E-state index contributed by atoms with van der Waals surface area (Å²) in [6.07, 6.45) is 6.90. The maximum Gasteiger partial charge on any atom is 0.286 e. The molecule has 5 nitrogen and oxygen atoms in total. The number of hydrogen-bond donors (Lipinski definition) is 1. The predicted octanol–water partition coefficient (Wildman–Crippen LogP) is 4.94. The first kappa shape index (κ1) is 20.1. The molecule has 2 heterocycles. The van der Waals surface area contributed by atoms with Gasteiger partial charge in [0.25, 0.3) is 5.91 Å². The van der Waals surface area contributed by atoms with Crippen molar-refractivity contribution in [2.24, 2.45) is 0 Å². The summed E-state index contributed by atoms with van der Waals surface area (Å²) in [5.74, 6) is -0.0954. The third-order valence-electron chi connectivity index (χ3n) is 5.11. The number of unbranched alkanes of at least 4 members (excludes halogenated alkanes) is 2. The van der Waals surface area contributed by atoms with Crippen LogP contribution >= 0.6 is 15.9 Å². The molecular formula is C21H29BrN4O. The maximum atomic E-state index is 12.9. The number of halogens is 1. The van der Waals surface area contributed by atoms with Crippen molar-refractivity contribution in [1.82, 2.24) is 20.2 Å². The lowest BCUT2D eigenvalue weighted by molar-refractivity contribution is 0.0743. The summed E-state index contributed by atoms with van der Waals surface area (Å²) in [4.78, 5) is 12.9. The monoisotopic (exact) mass is 432 g/mol. The molecule has 1 aromatic carbocycles. The first-order chi connectivity index (χ1) is 13.1. The van der Waals surface area contributed by atoms with E-state index in [1.807, 2.05) is 28.7 Å². The van der Waals surface area contributed by atoms with Gasteiger partial charge in [-0.05, 0) is 38.3 Å². The molecule has 0 atom stereocenters. The van der Waals surface area contributed by atoms with Crippen molar-refractivity contribution < 1.29 is 4.79 Å². The Labute approximate surface area is 170 Å². The molecule has 3 rings (SSSR count). The van der Waals surface area contributed by atoms with Crippen LogP contribution in [0.3, 0.4) is 0 Å². The highest BCUT2D eigenvalue weighted by atomic mass is 79.9. The predicted molar refractivity (Wildman–Crippen MR) is 113 cm³/mol. The normalized spacial score (nSPS) is 15.1. The van der Waals surface area contributed by atoms with E-state index in [0.29, 0.717) is 5.69 Å². The van der Waals surface area contributed by atoms with Gasteiger partial charge in [0.2, 0.25) is 0 Å². The maximum absolute atomic E-state index is 12.9. The van der Waals surface area contributed by atoms with Crippen molar-refractivity contribution in [3.63, 3.8) is 0 Å². The van der Waals surface area contributed by atoms with Gasteiger partial charge in [-0.25, -0.2) is 5.01 Å². The quantitative estimate of drug-likeness (QED) is 0.630. The molecule has 146 valence electrons. The zero-order valence-corrected chi connectivity index (χ0v) is 17.9. The Morgan fingerprint density at radius 3 is 2.52 bits per heavy atom. The number of carbonyl (C=O) groups excluding carboxylic acids is 1. The number of amides is 1. The van der Waals surface area contributed by atoms with Gasteiger partial charge in [-0.2, -0.15) is 5.10 Å². The second kappa shape index (κ2) is 9.51. The number of hydrazine groups is 1. The van der Waals surface area contributed by atoms with Crippen LogP contribution in [0.2, 0.25) is 0 Å². The molecule has 2 aromatic rings. The van der Waals surface area contributed by atoms with Crippen LogP contribution in [-0.2, 0) is 6.54 Å². The van der Waals surface area contributed by atoms with Crippen LogP contribution in [0.1, 0.15) is 61.5 Å². The van der Waals surface area contributed by atoms with E-state index < -0.39 is 0 Å². The van der Waals surface area contributed by atoms with E-state index in [0.717, 1.165) is 73.0 Å². The minimum Gasteiger partial charge on any atom is -0.283 e. The van der Waals surface area contributed by atoms with Crippen molar-refractivity contribution in [3.05, 3.63) is 40.0 Å². The highest BCUT2D eigenvalue weighted by Gasteiger charge is 2.23. The van der Waals surface area contributed by atoms with Gasteiger partial charge in [0.1, 0.15) is 0 Å². The van der Waals surface area contributed by atoms with Crippen LogP contribution in [0.5, 0.6) is 0 Å². The Hall–Kier alpha value is -1.66. The van der Waals surface area contributed by atoms with E-state index in [1.165, 1.54) is 6.42 Å². The summed E-state index contributed by atoms with van der Waals surface area (Å²) in [6, 6.07) is 8.23. The summed E-state index contributed by atoms with van der Waals surface area (Å²) < 4.78 is 3.06. The molecule has 6 heteroatoms. The fraction of sp³-hybridized carbons (Fsp3) is 0.524. The van der Waals surface area contributed by atoms with E-state index in [1.54, 1.807) is 0 Å². The van der Waals surface area contributed by atoms with Gasteiger partial charge >= 0.3 is 0 Å². The van der Waals surface area contributed by atoms with Gasteiger partial charge in [0, 0.05) is 35.2 Å². The molecule has 0 aliphatic carbocycles. The largest absolute Gasteiger partial charge is 0.286 e. The van der Waals surface area contributed by atoms with Crippen LogP contribution in [0, 0.1) is 6.92 Å². The Balaban J connectivity index is 1.88. The number of nitrogens with one attached hydrogen (secondary N) is 1. The Morgan fingerprint density at radius 2 is 1.85 bits per heavy atom. The molecule has 1 fully saturated rings. The lowest BCUT2D eigenvalue weighted by Gasteiger charge is -2.26. The highest BCUT2D eigenvalue weighted by molar-refractivity contribution is 9.10. The van der Waals surface area contributed by atoms with Crippen LogP contribution in [0.15, 0.2) is 28.7 Å². The summed E-state index contributed by atoms with van der Waals surface area (Å²) in [7, 11) is 0. The molecular weight excluding hydrogens is 404 g/mol. The summed E-state index contributed by atoms with van der Waals surface area (Å²) in [5, 5.41) is 6.74. The molecule has 1 aliphatic heterocycles. The second-order valence-electron chi connectivity index (χ2n) is 7.25. The van der Waals surface area contributed by atoms with Gasteiger partial charge in [0.05, 0.1) is 5.69 Å². The number of piperidine rings is 1. The lowest BCUT2D eigenvalue weighted by Crippen LogP contribution is -2.45. The molecule has 1 aromatic heterocycles. The SMILES string of the molecule is CCCCCn1nc(C(=O)NN2CCCCC2)c(C)c1-c1ccc(Br)cc1. The number of benzene rings is 1. The van der Waals surface area contributed by atoms with Crippen LogP contribution < -0.4 is 5.43 Å². The Bertz CT molecular complexity index is 763. The van der Waals surface area contributed by atoms with Gasteiger partial charge in [0.15, 0.2) is 5.69 Å². The standard InChI is InChI=1S/C21H29BrN4O/c1-3-4-6-15-26-20(17-9-11-18(22)12-10-17)16(2)19(23-26)21(27)24-25-13-7-5-8-14-25/h9-12H,3-8,13-15H2,1-2H3,(H,24,27). The number of aryl methyl sites for hydroxylation is 1. The van der Waals surface area contributed by atoms with Crippen molar-refractivity contribution in [2.45, 2.75) is 58.9 Å². The fourth-order valence-electron chi connectivity index (χ4n) is 3.62. The van der Waals surface area contributed by atoms with E-state index >= 15 is 0 Å². The Kier molecular flexibility index (Phi) is 7.07. The number of rotatable bonds is 7. The number of carbonyl (C=O) groups is 1. The van der Waals surface area contributed by atoms with Gasteiger partial charge < -0.3 is 0 Å². The molecule has 1 amide bonds. The molecule has 0 bridgehead atoms. The van der Waals surface area contributed by atoms with Gasteiger partial charge in [-0.1, -0.05) is 54.2 Å². The average Bonchev–Trinajstić information content (AvgIpc) is 3.00. The van der Waals surface area contributed by atoms with Crippen molar-refractivity contribution >= 4 is 21.8 Å². The average molecular weight is 433 g/mol. The molecule has 0 spiro atoms. The first-order valence-corrected chi connectivity index (χ1v) is 10.8. The molecule has 1 aliphatic rings. The van der Waals surface area contributed by atoms with Crippen LogP contribution in [0.25, 0.3) is 11.3 Å². The minimum absolute atomic E-state index is 0.0954. The smallest absolute Gasteiger partial charge is 0.283 e. The molecule has 0 saturated carbocycles. The number of nitrogens with zero attached hydrogens (tertiary/aromatic N) is 3. The zero-order chi connectivity index (χ0) is 19.2. The third-order valence-corrected chi connectivity index (χ3v) is 5.64.